The second-order valence-corrected chi connectivity index (χ2v) is 4.93. The second kappa shape index (κ2) is 6.23. The molecule has 21 heavy (non-hydrogen) atoms. The van der Waals surface area contributed by atoms with Crippen molar-refractivity contribution in [3.8, 4) is 17.0 Å². The number of hydrogen-bond donors (Lipinski definition) is 0. The van der Waals surface area contributed by atoms with Gasteiger partial charge in [-0.3, -0.25) is 0 Å². The van der Waals surface area contributed by atoms with Crippen LogP contribution in [-0.4, -0.2) is 7.11 Å². The molecule has 0 saturated heterocycles. The zero-order valence-corrected chi connectivity index (χ0v) is 12.1. The summed E-state index contributed by atoms with van der Waals surface area (Å²) in [6, 6.07) is 25.0. The summed E-state index contributed by atoms with van der Waals surface area (Å²) in [5, 5.41) is 0. The van der Waals surface area contributed by atoms with E-state index in [2.05, 4.69) is 65.4 Å². The summed E-state index contributed by atoms with van der Waals surface area (Å²) >= 11 is 0. The number of ether oxygens (including phenoxy) is 1. The van der Waals surface area contributed by atoms with Crippen LogP contribution in [0, 0.1) is 0 Å². The van der Waals surface area contributed by atoms with Gasteiger partial charge >= 0.3 is 0 Å². The Hall–Kier alpha value is -2.61. The van der Waals surface area contributed by atoms with Crippen molar-refractivity contribution in [2.45, 2.75) is 6.54 Å². The third-order valence-electron chi connectivity index (χ3n) is 3.52. The van der Waals surface area contributed by atoms with Crippen molar-refractivity contribution in [3.63, 3.8) is 0 Å². The molecule has 0 saturated carbocycles. The van der Waals surface area contributed by atoms with Crippen LogP contribution in [0.15, 0.2) is 79.0 Å². The van der Waals surface area contributed by atoms with Crippen LogP contribution >= 0.6 is 0 Å². The first-order valence-electron chi connectivity index (χ1n) is 7.03. The predicted octanol–water partition coefficient (Wildman–Crippen LogP) is 3.70. The van der Waals surface area contributed by atoms with Gasteiger partial charge in [-0.05, 0) is 30.3 Å². The minimum Gasteiger partial charge on any atom is -0.497 e. The Morgan fingerprint density at radius 2 is 1.52 bits per heavy atom. The van der Waals surface area contributed by atoms with Crippen LogP contribution in [0.2, 0.25) is 0 Å². The molecule has 0 amide bonds. The lowest BCUT2D eigenvalue weighted by Crippen LogP contribution is -2.36. The molecule has 3 rings (SSSR count). The first kappa shape index (κ1) is 13.4. The highest BCUT2D eigenvalue weighted by Crippen LogP contribution is 2.19. The van der Waals surface area contributed by atoms with Gasteiger partial charge < -0.3 is 4.74 Å². The lowest BCUT2D eigenvalue weighted by Gasteiger charge is -2.05. The van der Waals surface area contributed by atoms with E-state index in [9.17, 15) is 0 Å². The first-order chi connectivity index (χ1) is 10.4. The summed E-state index contributed by atoms with van der Waals surface area (Å²) in [5.74, 6) is 0.879. The molecule has 0 fully saturated rings. The second-order valence-electron chi connectivity index (χ2n) is 4.93. The molecule has 2 aromatic carbocycles. The van der Waals surface area contributed by atoms with Gasteiger partial charge in [-0.15, -0.1) is 0 Å². The molecule has 2 nitrogen and oxygen atoms in total. The summed E-state index contributed by atoms with van der Waals surface area (Å²) in [6.45, 7) is 0.864. The highest BCUT2D eigenvalue weighted by molar-refractivity contribution is 5.57. The van der Waals surface area contributed by atoms with E-state index in [1.165, 1.54) is 16.8 Å². The van der Waals surface area contributed by atoms with E-state index >= 15 is 0 Å². The van der Waals surface area contributed by atoms with Crippen molar-refractivity contribution in [2.24, 2.45) is 0 Å². The van der Waals surface area contributed by atoms with Gasteiger partial charge in [0.2, 0.25) is 5.69 Å². The number of methoxy groups -OCH3 is 1. The molecule has 0 aliphatic carbocycles. The monoisotopic (exact) mass is 276 g/mol. The summed E-state index contributed by atoms with van der Waals surface area (Å²) in [6.07, 6.45) is 2.12. The molecule has 1 heterocycles. The number of rotatable bonds is 4. The largest absolute Gasteiger partial charge is 0.497 e. The maximum Gasteiger partial charge on any atom is 0.212 e. The highest BCUT2D eigenvalue weighted by Gasteiger charge is 2.12. The average Bonchev–Trinajstić information content (AvgIpc) is 2.56. The maximum absolute atomic E-state index is 5.22. The van der Waals surface area contributed by atoms with Crippen molar-refractivity contribution < 1.29 is 9.30 Å². The molecule has 104 valence electrons. The Balaban J connectivity index is 1.95. The van der Waals surface area contributed by atoms with Gasteiger partial charge in [-0.25, -0.2) is 0 Å². The molecule has 3 aromatic rings. The van der Waals surface area contributed by atoms with Crippen LogP contribution in [-0.2, 0) is 6.54 Å². The molecule has 0 atom stereocenters. The minimum absolute atomic E-state index is 0.864. The topological polar surface area (TPSA) is 13.1 Å². The van der Waals surface area contributed by atoms with Crippen LogP contribution in [0.5, 0.6) is 5.75 Å². The Morgan fingerprint density at radius 3 is 2.24 bits per heavy atom. The normalized spacial score (nSPS) is 10.3. The van der Waals surface area contributed by atoms with Gasteiger partial charge in [-0.1, -0.05) is 30.3 Å². The summed E-state index contributed by atoms with van der Waals surface area (Å²) in [4.78, 5) is 0. The van der Waals surface area contributed by atoms with Crippen molar-refractivity contribution in [1.29, 1.82) is 0 Å². The minimum atomic E-state index is 0.864. The summed E-state index contributed by atoms with van der Waals surface area (Å²) < 4.78 is 7.49. The molecule has 2 heteroatoms. The van der Waals surface area contributed by atoms with Gasteiger partial charge in [0, 0.05) is 23.3 Å². The van der Waals surface area contributed by atoms with Crippen LogP contribution in [0.4, 0.5) is 0 Å². The third kappa shape index (κ3) is 3.11. The average molecular weight is 276 g/mol. The van der Waals surface area contributed by atoms with E-state index < -0.39 is 0 Å². The van der Waals surface area contributed by atoms with Crippen molar-refractivity contribution in [1.82, 2.24) is 0 Å². The fourth-order valence-corrected chi connectivity index (χ4v) is 2.42. The van der Waals surface area contributed by atoms with Crippen molar-refractivity contribution in [3.05, 3.63) is 84.6 Å². The van der Waals surface area contributed by atoms with Gasteiger partial charge in [-0.2, -0.15) is 4.57 Å². The molecule has 0 N–H and O–H groups in total. The zero-order chi connectivity index (χ0) is 14.5. The fraction of sp³-hybridized carbons (Fsp3) is 0.105. The smallest absolute Gasteiger partial charge is 0.212 e. The Bertz CT molecular complexity index is 705. The van der Waals surface area contributed by atoms with E-state index in [0.717, 1.165) is 12.3 Å². The first-order valence-corrected chi connectivity index (χ1v) is 7.03. The fourth-order valence-electron chi connectivity index (χ4n) is 2.42. The van der Waals surface area contributed by atoms with Crippen molar-refractivity contribution >= 4 is 0 Å². The number of nitrogens with zero attached hydrogens (tertiary/aromatic N) is 1. The van der Waals surface area contributed by atoms with Crippen LogP contribution in [0.3, 0.4) is 0 Å². The highest BCUT2D eigenvalue weighted by atomic mass is 16.5. The lowest BCUT2D eigenvalue weighted by atomic mass is 10.1. The van der Waals surface area contributed by atoms with E-state index in [-0.39, 0.29) is 0 Å². The van der Waals surface area contributed by atoms with Gasteiger partial charge in [0.05, 0.1) is 7.11 Å². The van der Waals surface area contributed by atoms with Crippen LogP contribution in [0.1, 0.15) is 5.56 Å². The van der Waals surface area contributed by atoms with Crippen LogP contribution in [0.25, 0.3) is 11.3 Å². The summed E-state index contributed by atoms with van der Waals surface area (Å²) in [7, 11) is 1.69. The van der Waals surface area contributed by atoms with Gasteiger partial charge in [0.15, 0.2) is 12.7 Å². The Morgan fingerprint density at radius 1 is 0.810 bits per heavy atom. The molecule has 0 unspecified atom stereocenters. The molecule has 0 bridgehead atoms. The predicted molar refractivity (Wildman–Crippen MR) is 84.2 cm³/mol. The molecular formula is C19H18NO+. The van der Waals surface area contributed by atoms with Gasteiger partial charge in [0.25, 0.3) is 0 Å². The zero-order valence-electron chi connectivity index (χ0n) is 12.1. The molecule has 1 aromatic heterocycles. The number of benzene rings is 2. The molecule has 0 aliphatic heterocycles. The van der Waals surface area contributed by atoms with E-state index in [1.54, 1.807) is 7.11 Å². The lowest BCUT2D eigenvalue weighted by molar-refractivity contribution is -0.677. The van der Waals surface area contributed by atoms with Crippen molar-refractivity contribution in [2.75, 3.05) is 7.11 Å². The van der Waals surface area contributed by atoms with E-state index in [1.807, 2.05) is 18.2 Å². The number of aromatic nitrogens is 1. The molecule has 0 aliphatic rings. The van der Waals surface area contributed by atoms with Gasteiger partial charge in [0.1, 0.15) is 5.75 Å². The quantitative estimate of drug-likeness (QED) is 0.662. The van der Waals surface area contributed by atoms with E-state index in [0.29, 0.717) is 0 Å². The molecule has 0 radical (unpaired) electrons. The summed E-state index contributed by atoms with van der Waals surface area (Å²) in [5.41, 5.74) is 3.68. The third-order valence-corrected chi connectivity index (χ3v) is 3.52. The standard InChI is InChI=1S/C19H18NO/c1-21-18-12-10-17(11-13-18)19-9-5-6-14-20(19)15-16-7-3-2-4-8-16/h2-14H,15H2,1H3/q+1. The number of pyridine rings is 1. The molecule has 0 spiro atoms. The SMILES string of the molecule is COc1ccc(-c2cccc[n+]2Cc2ccccc2)cc1. The van der Waals surface area contributed by atoms with Crippen LogP contribution < -0.4 is 9.30 Å². The number of hydrogen-bond acceptors (Lipinski definition) is 1. The Labute approximate surface area is 125 Å². The van der Waals surface area contributed by atoms with E-state index in [4.69, 9.17) is 4.74 Å². The Kier molecular flexibility index (Phi) is 3.97. The maximum atomic E-state index is 5.22. The molecular weight excluding hydrogens is 258 g/mol.